The first-order valence-corrected chi connectivity index (χ1v) is 6.62. The van der Waals surface area contributed by atoms with Gasteiger partial charge in [0, 0.05) is 0 Å². The number of carbonyl (C=O) groups excluding carboxylic acids is 2. The molecule has 0 aliphatic carbocycles. The molecular weight excluding hydrogens is 248 g/mol. The summed E-state index contributed by atoms with van der Waals surface area (Å²) >= 11 is 0. The van der Waals surface area contributed by atoms with Crippen molar-refractivity contribution in [1.82, 2.24) is 0 Å². The van der Waals surface area contributed by atoms with Crippen LogP contribution in [0, 0.1) is 0 Å². The van der Waals surface area contributed by atoms with Crippen LogP contribution in [0.3, 0.4) is 0 Å². The maximum atomic E-state index is 11.8. The molecule has 2 aromatic carbocycles. The van der Waals surface area contributed by atoms with Crippen molar-refractivity contribution in [1.29, 1.82) is 0 Å². The lowest BCUT2D eigenvalue weighted by atomic mass is 9.60. The maximum absolute atomic E-state index is 11.8. The fourth-order valence-corrected chi connectivity index (χ4v) is 2.55. The summed E-state index contributed by atoms with van der Waals surface area (Å²) in [5.41, 5.74) is -0.128. The Morgan fingerprint density at radius 1 is 0.650 bits per heavy atom. The summed E-state index contributed by atoms with van der Waals surface area (Å²) in [6.07, 6.45) is 1.76. The molecule has 2 unspecified atom stereocenters. The Labute approximate surface area is 119 Å². The van der Waals surface area contributed by atoms with Gasteiger partial charge in [-0.15, -0.1) is 0 Å². The van der Waals surface area contributed by atoms with Crippen molar-refractivity contribution in [2.45, 2.75) is 24.7 Å². The molecule has 2 aromatic rings. The van der Waals surface area contributed by atoms with Crippen LogP contribution in [0.2, 0.25) is 0 Å². The first-order valence-electron chi connectivity index (χ1n) is 6.62. The quantitative estimate of drug-likeness (QED) is 0.778. The summed E-state index contributed by atoms with van der Waals surface area (Å²) in [6, 6.07) is 18.9. The monoisotopic (exact) mass is 266 g/mol. The Kier molecular flexibility index (Phi) is 3.84. The van der Waals surface area contributed by atoms with Gasteiger partial charge in [0.15, 0.2) is 0 Å². The van der Waals surface area contributed by atoms with Crippen LogP contribution in [-0.4, -0.2) is 12.6 Å². The van der Waals surface area contributed by atoms with Gasteiger partial charge in [-0.05, 0) is 25.0 Å². The topological polar surface area (TPSA) is 34.1 Å². The summed E-state index contributed by atoms with van der Waals surface area (Å²) in [4.78, 5) is 23.7. The lowest BCUT2D eigenvalue weighted by molar-refractivity contribution is -0.122. The number of carbonyl (C=O) groups is 2. The molecule has 0 saturated carbocycles. The molecule has 2 heteroatoms. The van der Waals surface area contributed by atoms with E-state index in [-0.39, 0.29) is 0 Å². The van der Waals surface area contributed by atoms with Gasteiger partial charge in [-0.25, -0.2) is 0 Å². The molecule has 0 spiro atoms. The lowest BCUT2D eigenvalue weighted by Gasteiger charge is -2.39. The normalized spacial score (nSPS) is 16.7. The minimum atomic E-state index is -0.905. The number of hydrogen-bond donors (Lipinski definition) is 0. The highest BCUT2D eigenvalue weighted by Gasteiger charge is 2.47. The Morgan fingerprint density at radius 2 is 0.950 bits per heavy atom. The van der Waals surface area contributed by atoms with Crippen molar-refractivity contribution in [3.05, 3.63) is 71.8 Å². The fourth-order valence-electron chi connectivity index (χ4n) is 2.55. The number of hydrogen-bond acceptors (Lipinski definition) is 2. The lowest BCUT2D eigenvalue weighted by Crippen LogP contribution is -2.47. The van der Waals surface area contributed by atoms with Gasteiger partial charge in [0.05, 0.1) is 10.8 Å². The van der Waals surface area contributed by atoms with Crippen molar-refractivity contribution < 1.29 is 9.59 Å². The molecule has 0 aliphatic rings. The van der Waals surface area contributed by atoms with E-state index in [1.54, 1.807) is 0 Å². The Morgan fingerprint density at radius 3 is 1.20 bits per heavy atom. The van der Waals surface area contributed by atoms with Crippen LogP contribution in [0.5, 0.6) is 0 Å². The van der Waals surface area contributed by atoms with Crippen molar-refractivity contribution in [2.24, 2.45) is 0 Å². The Balaban J connectivity index is 2.64. The second kappa shape index (κ2) is 5.41. The van der Waals surface area contributed by atoms with Crippen LogP contribution in [0.15, 0.2) is 60.7 Å². The first-order chi connectivity index (χ1) is 9.58. The molecule has 0 aliphatic heterocycles. The molecule has 0 amide bonds. The SMILES string of the molecule is CC(C=O)(c1ccccc1)C(C)(C=O)c1ccccc1. The fraction of sp³-hybridized carbons (Fsp3) is 0.222. The van der Waals surface area contributed by atoms with E-state index in [0.29, 0.717) is 0 Å². The van der Waals surface area contributed by atoms with Gasteiger partial charge in [0.2, 0.25) is 0 Å². The summed E-state index contributed by atoms with van der Waals surface area (Å²) < 4.78 is 0. The zero-order chi connectivity index (χ0) is 14.6. The molecule has 0 radical (unpaired) electrons. The third-order valence-electron chi connectivity index (χ3n) is 4.30. The highest BCUT2D eigenvalue weighted by Crippen LogP contribution is 2.41. The van der Waals surface area contributed by atoms with Gasteiger partial charge >= 0.3 is 0 Å². The van der Waals surface area contributed by atoms with Crippen molar-refractivity contribution in [3.63, 3.8) is 0 Å². The van der Waals surface area contributed by atoms with Crippen LogP contribution in [0.1, 0.15) is 25.0 Å². The van der Waals surface area contributed by atoms with E-state index in [4.69, 9.17) is 0 Å². The van der Waals surface area contributed by atoms with E-state index in [1.165, 1.54) is 0 Å². The predicted molar refractivity (Wildman–Crippen MR) is 79.7 cm³/mol. The van der Waals surface area contributed by atoms with Gasteiger partial charge in [-0.1, -0.05) is 60.7 Å². The molecule has 0 aromatic heterocycles. The average molecular weight is 266 g/mol. The van der Waals surface area contributed by atoms with E-state index in [0.717, 1.165) is 23.7 Å². The van der Waals surface area contributed by atoms with Crippen LogP contribution in [0.25, 0.3) is 0 Å². The van der Waals surface area contributed by atoms with Gasteiger partial charge < -0.3 is 9.59 Å². The standard InChI is InChI=1S/C18H18O2/c1-17(13-19,15-9-5-3-6-10-15)18(2,14-20)16-11-7-4-8-12-16/h3-14H,1-2H3. The third kappa shape index (κ3) is 2.07. The van der Waals surface area contributed by atoms with E-state index in [1.807, 2.05) is 74.5 Å². The number of benzene rings is 2. The Hall–Kier alpha value is -2.22. The van der Waals surface area contributed by atoms with E-state index in [2.05, 4.69) is 0 Å². The van der Waals surface area contributed by atoms with E-state index < -0.39 is 10.8 Å². The highest BCUT2D eigenvalue weighted by molar-refractivity contribution is 5.83. The molecule has 0 heterocycles. The van der Waals surface area contributed by atoms with Crippen molar-refractivity contribution >= 4 is 12.6 Å². The zero-order valence-electron chi connectivity index (χ0n) is 11.7. The molecule has 0 fully saturated rings. The average Bonchev–Trinajstić information content (AvgIpc) is 2.54. The number of rotatable bonds is 5. The van der Waals surface area contributed by atoms with Crippen LogP contribution >= 0.6 is 0 Å². The summed E-state index contributed by atoms with van der Waals surface area (Å²) in [6.45, 7) is 3.63. The molecule has 0 N–H and O–H groups in total. The predicted octanol–water partition coefficient (Wildman–Crippen LogP) is 3.30. The van der Waals surface area contributed by atoms with Gasteiger partial charge in [-0.2, -0.15) is 0 Å². The Bertz CT molecular complexity index is 536. The van der Waals surface area contributed by atoms with Gasteiger partial charge in [0.1, 0.15) is 12.6 Å². The second-order valence-corrected chi connectivity index (χ2v) is 5.37. The molecule has 2 atom stereocenters. The minimum Gasteiger partial charge on any atom is -0.302 e. The van der Waals surface area contributed by atoms with Crippen molar-refractivity contribution in [3.8, 4) is 0 Å². The highest BCUT2D eigenvalue weighted by atomic mass is 16.1. The molecule has 2 rings (SSSR count). The van der Waals surface area contributed by atoms with Crippen LogP contribution in [0.4, 0.5) is 0 Å². The smallest absolute Gasteiger partial charge is 0.131 e. The second-order valence-electron chi connectivity index (χ2n) is 5.37. The zero-order valence-corrected chi connectivity index (χ0v) is 11.7. The number of aldehydes is 2. The molecular formula is C18H18O2. The van der Waals surface area contributed by atoms with E-state index in [9.17, 15) is 9.59 Å². The van der Waals surface area contributed by atoms with Crippen LogP contribution < -0.4 is 0 Å². The third-order valence-corrected chi connectivity index (χ3v) is 4.30. The molecule has 102 valence electrons. The summed E-state index contributed by atoms with van der Waals surface area (Å²) in [5.74, 6) is 0. The summed E-state index contributed by atoms with van der Waals surface area (Å²) in [5, 5.41) is 0. The largest absolute Gasteiger partial charge is 0.302 e. The molecule has 0 saturated heterocycles. The maximum Gasteiger partial charge on any atom is 0.131 e. The summed E-state index contributed by atoms with van der Waals surface area (Å²) in [7, 11) is 0. The minimum absolute atomic E-state index is 0.841. The van der Waals surface area contributed by atoms with E-state index >= 15 is 0 Å². The first kappa shape index (κ1) is 14.2. The molecule has 20 heavy (non-hydrogen) atoms. The van der Waals surface area contributed by atoms with Crippen LogP contribution in [-0.2, 0) is 20.4 Å². The molecule has 2 nitrogen and oxygen atoms in total. The van der Waals surface area contributed by atoms with Crippen molar-refractivity contribution in [2.75, 3.05) is 0 Å². The van der Waals surface area contributed by atoms with Gasteiger partial charge in [0.25, 0.3) is 0 Å². The van der Waals surface area contributed by atoms with Gasteiger partial charge in [-0.3, -0.25) is 0 Å². The molecule has 0 bridgehead atoms.